The number of nitrogens with zero attached hydrogens (tertiary/aromatic N) is 2. The quantitative estimate of drug-likeness (QED) is 0.723. The van der Waals surface area contributed by atoms with Gasteiger partial charge in [-0.25, -0.2) is 4.98 Å². The van der Waals surface area contributed by atoms with Crippen LogP contribution in [-0.4, -0.2) is 9.97 Å². The lowest BCUT2D eigenvalue weighted by molar-refractivity contribution is 1.28. The highest BCUT2D eigenvalue weighted by Gasteiger charge is 2.05. The SMILES string of the molecule is Cc1nc(-c2ccncc2Cl)cs1. The molecule has 0 amide bonds. The van der Waals surface area contributed by atoms with Crippen LogP contribution in [0.25, 0.3) is 11.3 Å². The maximum Gasteiger partial charge on any atom is 0.0901 e. The van der Waals surface area contributed by atoms with Crippen molar-refractivity contribution in [1.29, 1.82) is 0 Å². The van der Waals surface area contributed by atoms with Crippen molar-refractivity contribution >= 4 is 22.9 Å². The number of halogens is 1. The van der Waals surface area contributed by atoms with Gasteiger partial charge < -0.3 is 0 Å². The fourth-order valence-corrected chi connectivity index (χ4v) is 1.90. The summed E-state index contributed by atoms with van der Waals surface area (Å²) < 4.78 is 0. The molecule has 0 atom stereocenters. The van der Waals surface area contributed by atoms with Gasteiger partial charge in [0.2, 0.25) is 0 Å². The first kappa shape index (κ1) is 8.66. The Morgan fingerprint density at radius 2 is 2.31 bits per heavy atom. The molecule has 0 radical (unpaired) electrons. The molecule has 0 saturated carbocycles. The van der Waals surface area contributed by atoms with Crippen molar-refractivity contribution in [2.45, 2.75) is 6.92 Å². The number of rotatable bonds is 1. The molecule has 0 aliphatic heterocycles. The van der Waals surface area contributed by atoms with Crippen molar-refractivity contribution in [3.63, 3.8) is 0 Å². The molecule has 13 heavy (non-hydrogen) atoms. The van der Waals surface area contributed by atoms with Gasteiger partial charge in [0.15, 0.2) is 0 Å². The van der Waals surface area contributed by atoms with Gasteiger partial charge in [-0.1, -0.05) is 11.6 Å². The van der Waals surface area contributed by atoms with Crippen LogP contribution in [-0.2, 0) is 0 Å². The average Bonchev–Trinajstić information content (AvgIpc) is 2.53. The number of thiazole rings is 1. The summed E-state index contributed by atoms with van der Waals surface area (Å²) in [5.41, 5.74) is 1.87. The van der Waals surface area contributed by atoms with Crippen LogP contribution in [0.1, 0.15) is 5.01 Å². The maximum absolute atomic E-state index is 5.97. The number of hydrogen-bond acceptors (Lipinski definition) is 3. The van der Waals surface area contributed by atoms with Crippen LogP contribution in [0.5, 0.6) is 0 Å². The molecule has 2 rings (SSSR count). The van der Waals surface area contributed by atoms with E-state index in [-0.39, 0.29) is 0 Å². The van der Waals surface area contributed by atoms with Gasteiger partial charge >= 0.3 is 0 Å². The minimum Gasteiger partial charge on any atom is -0.263 e. The smallest absolute Gasteiger partial charge is 0.0901 e. The van der Waals surface area contributed by atoms with Gasteiger partial charge in [0.25, 0.3) is 0 Å². The lowest BCUT2D eigenvalue weighted by Crippen LogP contribution is -1.80. The van der Waals surface area contributed by atoms with Crippen molar-refractivity contribution in [1.82, 2.24) is 9.97 Å². The Labute approximate surface area is 85.2 Å². The van der Waals surface area contributed by atoms with E-state index < -0.39 is 0 Å². The second kappa shape index (κ2) is 3.44. The van der Waals surface area contributed by atoms with Gasteiger partial charge in [0, 0.05) is 23.3 Å². The summed E-state index contributed by atoms with van der Waals surface area (Å²) in [6, 6.07) is 1.87. The predicted octanol–water partition coefficient (Wildman–Crippen LogP) is 3.17. The summed E-state index contributed by atoms with van der Waals surface area (Å²) in [5.74, 6) is 0. The zero-order valence-corrected chi connectivity index (χ0v) is 8.56. The molecule has 0 fully saturated rings. The lowest BCUT2D eigenvalue weighted by Gasteiger charge is -1.97. The molecule has 2 nitrogen and oxygen atoms in total. The van der Waals surface area contributed by atoms with Crippen molar-refractivity contribution < 1.29 is 0 Å². The standard InChI is InChI=1S/C9H7ClN2S/c1-6-12-9(5-13-6)7-2-3-11-4-8(7)10/h2-5H,1H3. The molecule has 2 aromatic heterocycles. The molecule has 2 aromatic rings. The first-order chi connectivity index (χ1) is 6.27. The van der Waals surface area contributed by atoms with Gasteiger partial charge in [-0.05, 0) is 13.0 Å². The summed E-state index contributed by atoms with van der Waals surface area (Å²) in [6.45, 7) is 1.98. The van der Waals surface area contributed by atoms with Gasteiger partial charge in [0.05, 0.1) is 15.7 Å². The Balaban J connectivity index is 2.52. The van der Waals surface area contributed by atoms with Crippen LogP contribution in [0.2, 0.25) is 5.02 Å². The molecule has 66 valence electrons. The molecule has 2 heterocycles. The normalized spacial score (nSPS) is 10.3. The van der Waals surface area contributed by atoms with Crippen molar-refractivity contribution in [3.8, 4) is 11.3 Å². The Hall–Kier alpha value is -0.930. The Kier molecular flexibility index (Phi) is 2.29. The van der Waals surface area contributed by atoms with Gasteiger partial charge in [0.1, 0.15) is 0 Å². The molecule has 0 unspecified atom stereocenters. The summed E-state index contributed by atoms with van der Waals surface area (Å²) in [5, 5.41) is 3.69. The third-order valence-corrected chi connectivity index (χ3v) is 2.74. The third-order valence-electron chi connectivity index (χ3n) is 1.67. The van der Waals surface area contributed by atoms with Crippen molar-refractivity contribution in [2.24, 2.45) is 0 Å². The van der Waals surface area contributed by atoms with E-state index in [4.69, 9.17) is 11.6 Å². The highest BCUT2D eigenvalue weighted by molar-refractivity contribution is 7.09. The zero-order valence-electron chi connectivity index (χ0n) is 6.99. The molecule has 4 heteroatoms. The third kappa shape index (κ3) is 1.71. The second-order valence-corrected chi connectivity index (χ2v) is 4.08. The molecule has 0 spiro atoms. The van der Waals surface area contributed by atoms with Gasteiger partial charge in [-0.3, -0.25) is 4.98 Å². The monoisotopic (exact) mass is 210 g/mol. The highest BCUT2D eigenvalue weighted by Crippen LogP contribution is 2.27. The zero-order chi connectivity index (χ0) is 9.26. The van der Waals surface area contributed by atoms with E-state index in [9.17, 15) is 0 Å². The van der Waals surface area contributed by atoms with E-state index in [0.717, 1.165) is 16.3 Å². The number of hydrogen-bond donors (Lipinski definition) is 0. The summed E-state index contributed by atoms with van der Waals surface area (Å²) in [6.07, 6.45) is 3.35. The van der Waals surface area contributed by atoms with E-state index in [1.54, 1.807) is 23.7 Å². The number of pyridine rings is 1. The molecule has 0 aromatic carbocycles. The van der Waals surface area contributed by atoms with E-state index in [1.165, 1.54) is 0 Å². The lowest BCUT2D eigenvalue weighted by atomic mass is 10.2. The van der Waals surface area contributed by atoms with Crippen molar-refractivity contribution in [2.75, 3.05) is 0 Å². The topological polar surface area (TPSA) is 25.8 Å². The van der Waals surface area contributed by atoms with E-state index in [0.29, 0.717) is 5.02 Å². The number of aromatic nitrogens is 2. The van der Waals surface area contributed by atoms with Gasteiger partial charge in [-0.2, -0.15) is 0 Å². The van der Waals surface area contributed by atoms with E-state index in [2.05, 4.69) is 9.97 Å². The first-order valence-electron chi connectivity index (χ1n) is 3.79. The van der Waals surface area contributed by atoms with Crippen LogP contribution in [0.3, 0.4) is 0 Å². The van der Waals surface area contributed by atoms with Crippen LogP contribution in [0.4, 0.5) is 0 Å². The Morgan fingerprint density at radius 1 is 1.46 bits per heavy atom. The van der Waals surface area contributed by atoms with Crippen LogP contribution in [0, 0.1) is 6.92 Å². The minimum absolute atomic E-state index is 0.646. The van der Waals surface area contributed by atoms with Crippen molar-refractivity contribution in [3.05, 3.63) is 33.9 Å². The van der Waals surface area contributed by atoms with Crippen LogP contribution < -0.4 is 0 Å². The van der Waals surface area contributed by atoms with Crippen LogP contribution in [0.15, 0.2) is 23.8 Å². The fourth-order valence-electron chi connectivity index (χ4n) is 1.07. The molecule has 0 aliphatic carbocycles. The number of aryl methyl sites for hydroxylation is 1. The first-order valence-corrected chi connectivity index (χ1v) is 5.05. The Morgan fingerprint density at radius 3 is 2.92 bits per heavy atom. The summed E-state index contributed by atoms with van der Waals surface area (Å²) in [4.78, 5) is 8.27. The predicted molar refractivity (Wildman–Crippen MR) is 55.1 cm³/mol. The summed E-state index contributed by atoms with van der Waals surface area (Å²) in [7, 11) is 0. The molecule has 0 N–H and O–H groups in total. The molecule has 0 aliphatic rings. The van der Waals surface area contributed by atoms with Gasteiger partial charge in [-0.15, -0.1) is 11.3 Å². The summed E-state index contributed by atoms with van der Waals surface area (Å²) >= 11 is 7.59. The fraction of sp³-hybridized carbons (Fsp3) is 0.111. The van der Waals surface area contributed by atoms with E-state index >= 15 is 0 Å². The largest absolute Gasteiger partial charge is 0.263 e. The average molecular weight is 211 g/mol. The molecule has 0 bridgehead atoms. The molecular weight excluding hydrogens is 204 g/mol. The van der Waals surface area contributed by atoms with Crippen LogP contribution >= 0.6 is 22.9 Å². The van der Waals surface area contributed by atoms with E-state index in [1.807, 2.05) is 18.4 Å². The second-order valence-electron chi connectivity index (χ2n) is 2.61. The maximum atomic E-state index is 5.97. The molecule has 0 saturated heterocycles. The highest BCUT2D eigenvalue weighted by atomic mass is 35.5. The molecular formula is C9H7ClN2S. The Bertz CT molecular complexity index is 425. The minimum atomic E-state index is 0.646.